The van der Waals surface area contributed by atoms with Crippen LogP contribution in [0.4, 0.5) is 0 Å². The smallest absolute Gasteiger partial charge is 0.223 e. The molecule has 2 atom stereocenters. The van der Waals surface area contributed by atoms with E-state index in [1.807, 2.05) is 20.8 Å². The number of fused-ring (bicyclic) bond motifs is 3. The molecule has 0 aromatic heterocycles. The van der Waals surface area contributed by atoms with E-state index in [1.54, 1.807) is 6.92 Å². The molecule has 3 rings (SSSR count). The van der Waals surface area contributed by atoms with Crippen LogP contribution in [0.25, 0.3) is 0 Å². The Kier molecular flexibility index (Phi) is 2.11. The van der Waals surface area contributed by atoms with Crippen LogP contribution in [-0.2, 0) is 14.3 Å². The van der Waals surface area contributed by atoms with Gasteiger partial charge < -0.3 is 9.84 Å². The zero-order valence-electron chi connectivity index (χ0n) is 11.7. The minimum atomic E-state index is -1.33. The van der Waals surface area contributed by atoms with Crippen molar-refractivity contribution in [2.75, 3.05) is 0 Å². The lowest BCUT2D eigenvalue weighted by Crippen LogP contribution is -2.43. The van der Waals surface area contributed by atoms with E-state index >= 15 is 0 Å². The molecule has 2 aliphatic carbocycles. The van der Waals surface area contributed by atoms with E-state index in [1.165, 1.54) is 6.08 Å². The van der Waals surface area contributed by atoms with Crippen LogP contribution in [0, 0.1) is 10.8 Å². The highest BCUT2D eigenvalue weighted by molar-refractivity contribution is 6.22. The number of aliphatic hydroxyl groups is 1. The number of ether oxygens (including phenoxy) is 1. The summed E-state index contributed by atoms with van der Waals surface area (Å²) < 4.78 is 5.55. The highest BCUT2D eigenvalue weighted by atomic mass is 16.6. The lowest BCUT2D eigenvalue weighted by Gasteiger charge is -2.42. The van der Waals surface area contributed by atoms with Crippen LogP contribution in [0.5, 0.6) is 0 Å². The number of hydrogen-bond donors (Lipinski definition) is 1. The SMILES string of the molecule is CC1=CC(=O)C2=C(OC3(O)CC(C)(C)C2(C)C3)C1=O. The summed E-state index contributed by atoms with van der Waals surface area (Å²) in [5.41, 5.74) is -0.0158. The summed E-state index contributed by atoms with van der Waals surface area (Å²) in [5, 5.41) is 10.5. The number of Topliss-reactive ketones (excluding diaryl/α,β-unsaturated/α-hetero) is 1. The van der Waals surface area contributed by atoms with E-state index in [0.717, 1.165) is 0 Å². The molecule has 2 unspecified atom stereocenters. The predicted molar refractivity (Wildman–Crippen MR) is 68.0 cm³/mol. The van der Waals surface area contributed by atoms with E-state index in [-0.39, 0.29) is 22.7 Å². The first kappa shape index (κ1) is 12.6. The summed E-state index contributed by atoms with van der Waals surface area (Å²) in [6.45, 7) is 7.56. The van der Waals surface area contributed by atoms with Crippen molar-refractivity contribution in [2.45, 2.75) is 46.3 Å². The standard InChI is InChI=1S/C15H18O4/c1-8-5-9(16)10-12(11(8)17)19-15(18)6-13(2,3)14(10,4)7-15/h5,18H,6-7H2,1-4H3. The van der Waals surface area contributed by atoms with Gasteiger partial charge in [0.1, 0.15) is 0 Å². The van der Waals surface area contributed by atoms with Gasteiger partial charge in [0.15, 0.2) is 11.5 Å². The highest BCUT2D eigenvalue weighted by Gasteiger charge is 2.65. The van der Waals surface area contributed by atoms with Crippen molar-refractivity contribution in [3.05, 3.63) is 23.0 Å². The third-order valence-electron chi connectivity index (χ3n) is 5.07. The number of carbonyl (C=O) groups excluding carboxylic acids is 2. The molecule has 0 amide bonds. The largest absolute Gasteiger partial charge is 0.458 e. The van der Waals surface area contributed by atoms with Crippen LogP contribution in [-0.4, -0.2) is 22.5 Å². The maximum Gasteiger partial charge on any atom is 0.223 e. The van der Waals surface area contributed by atoms with Gasteiger partial charge >= 0.3 is 0 Å². The first-order valence-electron chi connectivity index (χ1n) is 6.53. The Balaban J connectivity index is 2.26. The molecule has 2 bridgehead atoms. The fourth-order valence-electron chi connectivity index (χ4n) is 3.79. The van der Waals surface area contributed by atoms with Crippen LogP contribution in [0.2, 0.25) is 0 Å². The topological polar surface area (TPSA) is 63.6 Å². The lowest BCUT2D eigenvalue weighted by molar-refractivity contribution is -0.187. The molecule has 1 N–H and O–H groups in total. The average Bonchev–Trinajstić information content (AvgIpc) is 2.36. The van der Waals surface area contributed by atoms with Crippen molar-refractivity contribution in [2.24, 2.45) is 10.8 Å². The minimum absolute atomic E-state index is 0.0619. The Morgan fingerprint density at radius 1 is 1.21 bits per heavy atom. The second-order valence-corrected chi connectivity index (χ2v) is 6.84. The van der Waals surface area contributed by atoms with Crippen molar-refractivity contribution in [3.63, 3.8) is 0 Å². The maximum atomic E-state index is 12.3. The van der Waals surface area contributed by atoms with Crippen molar-refractivity contribution >= 4 is 11.6 Å². The van der Waals surface area contributed by atoms with Crippen LogP contribution in [0.15, 0.2) is 23.0 Å². The molecule has 4 heteroatoms. The number of rotatable bonds is 0. The van der Waals surface area contributed by atoms with E-state index in [2.05, 4.69) is 0 Å². The Hall–Kier alpha value is -1.42. The second kappa shape index (κ2) is 3.18. The van der Waals surface area contributed by atoms with Gasteiger partial charge in [-0.25, -0.2) is 0 Å². The molecular formula is C15H18O4. The van der Waals surface area contributed by atoms with E-state index in [0.29, 0.717) is 24.0 Å². The number of carbonyl (C=O) groups is 2. The van der Waals surface area contributed by atoms with Crippen LogP contribution in [0.1, 0.15) is 40.5 Å². The summed E-state index contributed by atoms with van der Waals surface area (Å²) in [6, 6.07) is 0. The molecule has 0 aromatic rings. The van der Waals surface area contributed by atoms with Gasteiger partial charge in [0.05, 0.1) is 5.57 Å². The third-order valence-corrected chi connectivity index (χ3v) is 5.07. The number of hydrogen-bond acceptors (Lipinski definition) is 4. The van der Waals surface area contributed by atoms with Gasteiger partial charge in [-0.2, -0.15) is 0 Å². The molecule has 102 valence electrons. The molecule has 1 fully saturated rings. The first-order valence-corrected chi connectivity index (χ1v) is 6.53. The van der Waals surface area contributed by atoms with Crippen LogP contribution < -0.4 is 0 Å². The molecule has 19 heavy (non-hydrogen) atoms. The fourth-order valence-corrected chi connectivity index (χ4v) is 3.79. The van der Waals surface area contributed by atoms with Gasteiger partial charge in [0, 0.05) is 23.8 Å². The lowest BCUT2D eigenvalue weighted by atomic mass is 9.62. The van der Waals surface area contributed by atoms with Crippen molar-refractivity contribution < 1.29 is 19.4 Å². The molecule has 1 saturated carbocycles. The molecule has 0 aromatic carbocycles. The van der Waals surface area contributed by atoms with Gasteiger partial charge in [0.25, 0.3) is 0 Å². The molecule has 0 spiro atoms. The zero-order chi connectivity index (χ0) is 14.2. The van der Waals surface area contributed by atoms with Crippen LogP contribution >= 0.6 is 0 Å². The average molecular weight is 262 g/mol. The van der Waals surface area contributed by atoms with Gasteiger partial charge in [-0.15, -0.1) is 0 Å². The summed E-state index contributed by atoms with van der Waals surface area (Å²) in [4.78, 5) is 24.5. The Morgan fingerprint density at radius 3 is 2.47 bits per heavy atom. The maximum absolute atomic E-state index is 12.3. The molecule has 1 aliphatic heterocycles. The Labute approximate surface area is 112 Å². The zero-order valence-corrected chi connectivity index (χ0v) is 11.7. The number of allylic oxidation sites excluding steroid dienone is 3. The molecule has 0 saturated heterocycles. The second-order valence-electron chi connectivity index (χ2n) is 6.84. The summed E-state index contributed by atoms with van der Waals surface area (Å²) >= 11 is 0. The molecular weight excluding hydrogens is 244 g/mol. The summed E-state index contributed by atoms with van der Waals surface area (Å²) in [6.07, 6.45) is 2.16. The minimum Gasteiger partial charge on any atom is -0.458 e. The van der Waals surface area contributed by atoms with E-state index in [9.17, 15) is 14.7 Å². The van der Waals surface area contributed by atoms with Crippen molar-refractivity contribution in [1.82, 2.24) is 0 Å². The first-order chi connectivity index (χ1) is 8.60. The number of ketones is 2. The van der Waals surface area contributed by atoms with E-state index in [4.69, 9.17) is 4.74 Å². The van der Waals surface area contributed by atoms with Crippen molar-refractivity contribution in [3.8, 4) is 0 Å². The Morgan fingerprint density at radius 2 is 1.84 bits per heavy atom. The molecule has 3 aliphatic rings. The summed E-state index contributed by atoms with van der Waals surface area (Å²) in [5.74, 6) is -1.71. The van der Waals surface area contributed by atoms with Crippen LogP contribution in [0.3, 0.4) is 0 Å². The highest BCUT2D eigenvalue weighted by Crippen LogP contribution is 2.64. The van der Waals surface area contributed by atoms with Gasteiger partial charge in [-0.1, -0.05) is 20.8 Å². The van der Waals surface area contributed by atoms with Gasteiger partial charge in [-0.05, 0) is 18.4 Å². The van der Waals surface area contributed by atoms with Gasteiger partial charge in [0.2, 0.25) is 11.6 Å². The predicted octanol–water partition coefficient (Wildman–Crippen LogP) is 1.88. The monoisotopic (exact) mass is 262 g/mol. The van der Waals surface area contributed by atoms with Crippen molar-refractivity contribution in [1.29, 1.82) is 0 Å². The summed E-state index contributed by atoms with van der Waals surface area (Å²) in [7, 11) is 0. The molecule has 0 radical (unpaired) electrons. The van der Waals surface area contributed by atoms with Gasteiger partial charge in [-0.3, -0.25) is 9.59 Å². The molecule has 1 heterocycles. The normalized spacial score (nSPS) is 39.9. The quantitative estimate of drug-likeness (QED) is 0.677. The third kappa shape index (κ3) is 1.38. The Bertz CT molecular complexity index is 581. The fraction of sp³-hybridized carbons (Fsp3) is 0.600. The molecule has 4 nitrogen and oxygen atoms in total. The van der Waals surface area contributed by atoms with E-state index < -0.39 is 11.2 Å².